The summed E-state index contributed by atoms with van der Waals surface area (Å²) in [6.45, 7) is 0.738. The molecule has 1 N–H and O–H groups in total. The van der Waals surface area contributed by atoms with Crippen molar-refractivity contribution >= 4 is 29.0 Å². The van der Waals surface area contributed by atoms with Crippen LogP contribution in [0.3, 0.4) is 0 Å². The minimum atomic E-state index is -4.37. The molecule has 0 bridgehead atoms. The minimum absolute atomic E-state index is 0.424. The number of rotatable bonds is 2. The second-order valence-corrected chi connectivity index (χ2v) is 6.75. The fraction of sp³-hybridized carbons (Fsp3) is 0.167. The average Bonchev–Trinajstić information content (AvgIpc) is 3.19. The molecule has 1 aliphatic heterocycles. The molecule has 3 aromatic rings. The summed E-state index contributed by atoms with van der Waals surface area (Å²) in [6, 6.07) is 10.2. The molecule has 1 aromatic heterocycles. The first kappa shape index (κ1) is 17.2. The van der Waals surface area contributed by atoms with Crippen LogP contribution in [0.2, 0.25) is 10.0 Å². The molecule has 134 valence electrons. The number of aromatic nitrogens is 2. The molecule has 8 heteroatoms. The lowest BCUT2D eigenvalue weighted by atomic mass is 10.1. The highest BCUT2D eigenvalue weighted by molar-refractivity contribution is 6.42. The lowest BCUT2D eigenvalue weighted by Crippen LogP contribution is -2.07. The molecular formula is C18H12Cl2F3N3. The molecule has 2 aromatic carbocycles. The van der Waals surface area contributed by atoms with E-state index in [9.17, 15) is 13.2 Å². The number of nitrogens with zero attached hydrogens (tertiary/aromatic N) is 2. The van der Waals surface area contributed by atoms with Gasteiger partial charge in [0.15, 0.2) is 0 Å². The van der Waals surface area contributed by atoms with Crippen molar-refractivity contribution in [2.24, 2.45) is 0 Å². The molecule has 0 saturated heterocycles. The van der Waals surface area contributed by atoms with Gasteiger partial charge in [0.2, 0.25) is 0 Å². The Balaban J connectivity index is 1.80. The van der Waals surface area contributed by atoms with E-state index < -0.39 is 11.7 Å². The summed E-state index contributed by atoms with van der Waals surface area (Å²) in [6.07, 6.45) is -3.60. The Morgan fingerprint density at radius 2 is 1.73 bits per heavy atom. The van der Waals surface area contributed by atoms with Gasteiger partial charge in [0.05, 0.1) is 27.0 Å². The number of nitrogens with one attached hydrogen (secondary N) is 1. The third-order valence-electron chi connectivity index (χ3n) is 4.28. The highest BCUT2D eigenvalue weighted by atomic mass is 35.5. The van der Waals surface area contributed by atoms with E-state index in [0.717, 1.165) is 47.7 Å². The van der Waals surface area contributed by atoms with Crippen LogP contribution >= 0.6 is 23.2 Å². The maximum absolute atomic E-state index is 12.8. The summed E-state index contributed by atoms with van der Waals surface area (Å²) < 4.78 is 40.0. The third-order valence-corrected chi connectivity index (χ3v) is 5.02. The zero-order valence-corrected chi connectivity index (χ0v) is 14.8. The van der Waals surface area contributed by atoms with E-state index in [1.807, 2.05) is 6.07 Å². The third kappa shape index (κ3) is 2.93. The molecule has 0 amide bonds. The number of halogens is 5. The van der Waals surface area contributed by atoms with Gasteiger partial charge in [-0.05, 0) is 42.8 Å². The van der Waals surface area contributed by atoms with Crippen LogP contribution in [0.15, 0.2) is 42.5 Å². The predicted octanol–water partition coefficient (Wildman–Crippen LogP) is 5.83. The van der Waals surface area contributed by atoms with E-state index in [0.29, 0.717) is 15.7 Å². The van der Waals surface area contributed by atoms with Crippen molar-refractivity contribution in [2.75, 3.05) is 11.9 Å². The van der Waals surface area contributed by atoms with Crippen molar-refractivity contribution in [3.05, 3.63) is 63.6 Å². The van der Waals surface area contributed by atoms with Crippen molar-refractivity contribution in [3.63, 3.8) is 0 Å². The van der Waals surface area contributed by atoms with Crippen LogP contribution in [-0.4, -0.2) is 16.3 Å². The molecule has 3 nitrogen and oxygen atoms in total. The molecule has 0 fully saturated rings. The van der Waals surface area contributed by atoms with E-state index >= 15 is 0 Å². The normalized spacial score (nSPS) is 13.6. The van der Waals surface area contributed by atoms with Crippen LogP contribution in [0.5, 0.6) is 0 Å². The van der Waals surface area contributed by atoms with Crippen molar-refractivity contribution in [1.29, 1.82) is 0 Å². The second-order valence-electron chi connectivity index (χ2n) is 5.94. The summed E-state index contributed by atoms with van der Waals surface area (Å²) in [4.78, 5) is 0. The maximum Gasteiger partial charge on any atom is 0.416 e. The molecule has 4 rings (SSSR count). The molecule has 0 aliphatic carbocycles. The van der Waals surface area contributed by atoms with Gasteiger partial charge in [-0.15, -0.1) is 0 Å². The zero-order chi connectivity index (χ0) is 18.5. The molecular weight excluding hydrogens is 386 g/mol. The molecule has 0 atom stereocenters. The Hall–Kier alpha value is -2.18. The van der Waals surface area contributed by atoms with E-state index in [-0.39, 0.29) is 0 Å². The van der Waals surface area contributed by atoms with Gasteiger partial charge in [-0.1, -0.05) is 29.3 Å². The van der Waals surface area contributed by atoms with E-state index in [1.165, 1.54) is 12.1 Å². The van der Waals surface area contributed by atoms with Gasteiger partial charge in [-0.2, -0.15) is 18.3 Å². The van der Waals surface area contributed by atoms with E-state index in [4.69, 9.17) is 23.2 Å². The molecule has 26 heavy (non-hydrogen) atoms. The number of anilines is 1. The van der Waals surface area contributed by atoms with Crippen molar-refractivity contribution in [1.82, 2.24) is 9.78 Å². The molecule has 1 aliphatic rings. The Morgan fingerprint density at radius 1 is 1.00 bits per heavy atom. The van der Waals surface area contributed by atoms with Crippen LogP contribution < -0.4 is 5.32 Å². The topological polar surface area (TPSA) is 29.9 Å². The lowest BCUT2D eigenvalue weighted by molar-refractivity contribution is -0.137. The fourth-order valence-electron chi connectivity index (χ4n) is 3.03. The number of benzene rings is 2. The summed E-state index contributed by atoms with van der Waals surface area (Å²) in [7, 11) is 0. The Bertz CT molecular complexity index is 979. The first-order valence-corrected chi connectivity index (χ1v) is 8.59. The average molecular weight is 398 g/mol. The van der Waals surface area contributed by atoms with Crippen LogP contribution in [0.1, 0.15) is 11.1 Å². The molecule has 0 spiro atoms. The van der Waals surface area contributed by atoms with Crippen LogP contribution in [-0.2, 0) is 12.6 Å². The smallest absolute Gasteiger partial charge is 0.369 e. The van der Waals surface area contributed by atoms with Crippen LogP contribution in [0.4, 0.5) is 19.0 Å². The van der Waals surface area contributed by atoms with Crippen molar-refractivity contribution in [2.45, 2.75) is 12.6 Å². The SMILES string of the molecule is FC(F)(F)c1ccc(-n2nc(-c3ccc(Cl)c(Cl)c3)c3c2NCC3)cc1. The lowest BCUT2D eigenvalue weighted by Gasteiger charge is -2.09. The van der Waals surface area contributed by atoms with Crippen molar-refractivity contribution < 1.29 is 13.2 Å². The summed E-state index contributed by atoms with van der Waals surface area (Å²) in [5.74, 6) is 0.783. The van der Waals surface area contributed by atoms with Gasteiger partial charge < -0.3 is 5.32 Å². The Morgan fingerprint density at radius 3 is 2.38 bits per heavy atom. The first-order chi connectivity index (χ1) is 12.3. The molecule has 0 saturated carbocycles. The van der Waals surface area contributed by atoms with E-state index in [1.54, 1.807) is 16.8 Å². The summed E-state index contributed by atoms with van der Waals surface area (Å²) in [5.41, 5.74) is 2.41. The fourth-order valence-corrected chi connectivity index (χ4v) is 3.33. The number of alkyl halides is 3. The number of hydrogen-bond acceptors (Lipinski definition) is 2. The van der Waals surface area contributed by atoms with Crippen LogP contribution in [0.25, 0.3) is 16.9 Å². The zero-order valence-electron chi connectivity index (χ0n) is 13.2. The Kier molecular flexibility index (Phi) is 4.12. The highest BCUT2D eigenvalue weighted by Gasteiger charge is 2.30. The van der Waals surface area contributed by atoms with Gasteiger partial charge >= 0.3 is 6.18 Å². The van der Waals surface area contributed by atoms with Gasteiger partial charge in [0, 0.05) is 17.7 Å². The molecule has 2 heterocycles. The monoisotopic (exact) mass is 397 g/mol. The van der Waals surface area contributed by atoms with Gasteiger partial charge in [-0.3, -0.25) is 0 Å². The van der Waals surface area contributed by atoms with Crippen LogP contribution in [0, 0.1) is 0 Å². The minimum Gasteiger partial charge on any atom is -0.369 e. The highest BCUT2D eigenvalue weighted by Crippen LogP contribution is 2.37. The number of fused-ring (bicyclic) bond motifs is 1. The second kappa shape index (κ2) is 6.21. The molecule has 0 unspecified atom stereocenters. The Labute approximate surface area is 157 Å². The van der Waals surface area contributed by atoms with Crippen molar-refractivity contribution in [3.8, 4) is 16.9 Å². The van der Waals surface area contributed by atoms with Gasteiger partial charge in [0.25, 0.3) is 0 Å². The number of hydrogen-bond donors (Lipinski definition) is 1. The van der Waals surface area contributed by atoms with Gasteiger partial charge in [0.1, 0.15) is 5.82 Å². The summed E-state index contributed by atoms with van der Waals surface area (Å²) in [5, 5.41) is 8.73. The first-order valence-electron chi connectivity index (χ1n) is 7.83. The largest absolute Gasteiger partial charge is 0.416 e. The summed E-state index contributed by atoms with van der Waals surface area (Å²) >= 11 is 12.1. The predicted molar refractivity (Wildman–Crippen MR) is 96.2 cm³/mol. The maximum atomic E-state index is 12.8. The molecule has 0 radical (unpaired) electrons. The van der Waals surface area contributed by atoms with Gasteiger partial charge in [-0.25, -0.2) is 4.68 Å². The standard InChI is InChI=1S/C18H12Cl2F3N3/c19-14-6-1-10(9-15(14)20)16-13-7-8-24-17(13)26(25-16)12-4-2-11(3-5-12)18(21,22)23/h1-6,9,24H,7-8H2. The quantitative estimate of drug-likeness (QED) is 0.589. The van der Waals surface area contributed by atoms with E-state index in [2.05, 4.69) is 10.4 Å².